The first-order chi connectivity index (χ1) is 23.9. The van der Waals surface area contributed by atoms with Gasteiger partial charge in [-0.05, 0) is 53.7 Å². The number of rotatable bonds is 16. The number of carbonyl (C=O) groups is 3. The number of hydrogen-bond acceptors (Lipinski definition) is 18. The van der Waals surface area contributed by atoms with Crippen molar-refractivity contribution in [2.75, 3.05) is 50.9 Å². The Labute approximate surface area is 306 Å². The van der Waals surface area contributed by atoms with Crippen LogP contribution >= 0.6 is 23.1 Å². The molecule has 3 N–H and O–H groups in total. The Hall–Kier alpha value is -2.95. The molecule has 0 bridgehead atoms. The summed E-state index contributed by atoms with van der Waals surface area (Å²) < 4.78 is 84.1. The Balaban J connectivity index is 1.30. The number of esters is 2. The summed E-state index contributed by atoms with van der Waals surface area (Å²) in [6.45, 7) is 13.6. The topological polar surface area (TPSA) is 222 Å². The minimum Gasteiger partial charge on any atom is -0.470 e. The summed E-state index contributed by atoms with van der Waals surface area (Å²) in [6, 6.07) is 0.906. The van der Waals surface area contributed by atoms with Crippen LogP contribution in [0.15, 0.2) is 14.5 Å². The number of nitrogens with zero attached hydrogens (tertiary/aromatic N) is 3. The van der Waals surface area contributed by atoms with E-state index in [0.29, 0.717) is 61.4 Å². The standard InChI is InChI=1S/C30H46N6O11S4/c1-7-31-22-14-18(2)50(40,41)29-21(22)15-25(48-29)51(42,43)35-23(37)8-9-24(38)46-19(3)28(39)47-20(16-32-30(4,5)6)17-45-27-26(33-49-34-27)36-10-12-44-13-11-36/h15,18-20,22,31-32H,7-14,16-17H2,1-6H3,(H,35,37)/t18-,19?,20?,22-/m1/s1. The van der Waals surface area contributed by atoms with E-state index in [9.17, 15) is 31.2 Å². The van der Waals surface area contributed by atoms with Gasteiger partial charge in [-0.1, -0.05) is 6.92 Å². The maximum atomic E-state index is 13.0. The lowest BCUT2D eigenvalue weighted by molar-refractivity contribution is -0.171. The van der Waals surface area contributed by atoms with E-state index in [2.05, 4.69) is 19.4 Å². The number of carbonyl (C=O) groups excluding carboxylic acids is 3. The normalized spacial score (nSPS) is 20.2. The highest BCUT2D eigenvalue weighted by molar-refractivity contribution is 7.95. The number of sulfonamides is 1. The minimum absolute atomic E-state index is 0.0506. The predicted molar refractivity (Wildman–Crippen MR) is 188 cm³/mol. The van der Waals surface area contributed by atoms with E-state index in [4.69, 9.17) is 18.9 Å². The Kier molecular flexibility index (Phi) is 13.8. The molecule has 1 fully saturated rings. The third kappa shape index (κ3) is 11.0. The number of anilines is 1. The number of fused-ring (bicyclic) bond motifs is 1. The van der Waals surface area contributed by atoms with E-state index in [0.717, 1.165) is 11.7 Å². The first-order valence-corrected chi connectivity index (χ1v) is 21.1. The van der Waals surface area contributed by atoms with Crippen molar-refractivity contribution < 1.29 is 50.2 Å². The molecule has 21 heteroatoms. The molecule has 4 heterocycles. The average molecular weight is 795 g/mol. The van der Waals surface area contributed by atoms with E-state index in [1.54, 1.807) is 6.92 Å². The number of nitrogens with one attached hydrogen (secondary N) is 3. The van der Waals surface area contributed by atoms with Gasteiger partial charge in [0.15, 0.2) is 15.9 Å². The van der Waals surface area contributed by atoms with Gasteiger partial charge in [-0.3, -0.25) is 9.59 Å². The van der Waals surface area contributed by atoms with Crippen molar-refractivity contribution >= 4 is 66.6 Å². The quantitative estimate of drug-likeness (QED) is 0.205. The van der Waals surface area contributed by atoms with Crippen LogP contribution in [0.3, 0.4) is 0 Å². The third-order valence-electron chi connectivity index (χ3n) is 7.90. The van der Waals surface area contributed by atoms with E-state index < -0.39 is 68.0 Å². The van der Waals surface area contributed by atoms with Gasteiger partial charge in [0, 0.05) is 43.2 Å². The van der Waals surface area contributed by atoms with Crippen molar-refractivity contribution in [2.24, 2.45) is 0 Å². The molecule has 0 spiro atoms. The second-order valence-electron chi connectivity index (χ2n) is 13.2. The molecule has 2 aromatic rings. The monoisotopic (exact) mass is 794 g/mol. The maximum absolute atomic E-state index is 13.0. The molecular weight excluding hydrogens is 749 g/mol. The summed E-state index contributed by atoms with van der Waals surface area (Å²) >= 11 is 1.58. The smallest absolute Gasteiger partial charge is 0.347 e. The van der Waals surface area contributed by atoms with Crippen LogP contribution in [0.1, 0.15) is 72.4 Å². The number of morpholine rings is 1. The lowest BCUT2D eigenvalue weighted by Gasteiger charge is -2.28. The Bertz CT molecular complexity index is 1750. The van der Waals surface area contributed by atoms with Crippen molar-refractivity contribution in [3.63, 3.8) is 0 Å². The molecule has 0 aliphatic carbocycles. The molecule has 1 amide bonds. The van der Waals surface area contributed by atoms with Crippen LogP contribution in [-0.2, 0) is 48.5 Å². The van der Waals surface area contributed by atoms with Crippen LogP contribution in [-0.4, -0.2) is 112 Å². The lowest BCUT2D eigenvalue weighted by atomic mass is 10.1. The summed E-state index contributed by atoms with van der Waals surface area (Å²) in [5.74, 6) is -1.92. The SMILES string of the molecule is CCN[C@@H]1C[C@@H](C)S(=O)(=O)c2sc(S(=O)(=O)NC(=O)CCC(=O)OC(C)C(=O)OC(CNC(C)(C)C)COc3nsnc3N3CCOCC3)cc21. The fourth-order valence-corrected chi connectivity index (χ4v) is 10.7. The van der Waals surface area contributed by atoms with Gasteiger partial charge in [-0.15, -0.1) is 15.7 Å². The fourth-order valence-electron chi connectivity index (χ4n) is 5.16. The van der Waals surface area contributed by atoms with E-state index >= 15 is 0 Å². The summed E-state index contributed by atoms with van der Waals surface area (Å²) in [6.07, 6.45) is -2.98. The number of ether oxygens (including phenoxy) is 4. The number of amides is 1. The first-order valence-electron chi connectivity index (χ1n) is 16.5. The molecule has 2 unspecified atom stereocenters. The zero-order valence-corrected chi connectivity index (χ0v) is 32.7. The zero-order chi connectivity index (χ0) is 37.6. The maximum Gasteiger partial charge on any atom is 0.347 e. The molecular formula is C30H46N6O11S4. The summed E-state index contributed by atoms with van der Waals surface area (Å²) in [5.41, 5.74) is 0.0317. The van der Waals surface area contributed by atoms with E-state index in [1.807, 2.05) is 37.3 Å². The van der Waals surface area contributed by atoms with Crippen molar-refractivity contribution in [1.82, 2.24) is 24.1 Å². The largest absolute Gasteiger partial charge is 0.470 e. The second kappa shape index (κ2) is 17.3. The van der Waals surface area contributed by atoms with Gasteiger partial charge in [0.05, 0.1) is 36.6 Å². The van der Waals surface area contributed by atoms with Gasteiger partial charge in [-0.2, -0.15) is 4.37 Å². The van der Waals surface area contributed by atoms with E-state index in [1.165, 1.54) is 13.0 Å². The number of aromatic nitrogens is 2. The van der Waals surface area contributed by atoms with E-state index in [-0.39, 0.29) is 39.6 Å². The molecule has 0 saturated carbocycles. The van der Waals surface area contributed by atoms with Gasteiger partial charge >= 0.3 is 11.9 Å². The van der Waals surface area contributed by atoms with Crippen LogP contribution < -0.4 is 25.0 Å². The van der Waals surface area contributed by atoms with Gasteiger partial charge in [0.2, 0.25) is 11.7 Å². The molecule has 286 valence electrons. The lowest BCUT2D eigenvalue weighted by Crippen LogP contribution is -2.45. The minimum atomic E-state index is -4.44. The van der Waals surface area contributed by atoms with Crippen molar-refractivity contribution in [2.45, 2.75) is 98.3 Å². The second-order valence-corrected chi connectivity index (χ2v) is 19.2. The van der Waals surface area contributed by atoms with Crippen LogP contribution in [0.2, 0.25) is 0 Å². The summed E-state index contributed by atoms with van der Waals surface area (Å²) in [4.78, 5) is 40.1. The fraction of sp³-hybridized carbons (Fsp3) is 0.700. The van der Waals surface area contributed by atoms with Crippen molar-refractivity contribution in [3.05, 3.63) is 11.6 Å². The highest BCUT2D eigenvalue weighted by Crippen LogP contribution is 2.42. The molecule has 4 atom stereocenters. The molecule has 1 saturated heterocycles. The molecule has 2 aliphatic heterocycles. The summed E-state index contributed by atoms with van der Waals surface area (Å²) in [5, 5.41) is 5.72. The van der Waals surface area contributed by atoms with Crippen LogP contribution in [0, 0.1) is 0 Å². The third-order valence-corrected chi connectivity index (χ3v) is 14.1. The van der Waals surface area contributed by atoms with Crippen LogP contribution in [0.4, 0.5) is 5.82 Å². The Morgan fingerprint density at radius 2 is 1.84 bits per heavy atom. The summed E-state index contributed by atoms with van der Waals surface area (Å²) in [7, 11) is -8.17. The van der Waals surface area contributed by atoms with Gasteiger partial charge in [0.25, 0.3) is 15.9 Å². The van der Waals surface area contributed by atoms with Gasteiger partial charge < -0.3 is 34.5 Å². The molecule has 17 nitrogen and oxygen atoms in total. The van der Waals surface area contributed by atoms with Gasteiger partial charge in [0.1, 0.15) is 21.1 Å². The zero-order valence-electron chi connectivity index (χ0n) is 29.4. The van der Waals surface area contributed by atoms with Crippen molar-refractivity contribution in [1.29, 1.82) is 0 Å². The van der Waals surface area contributed by atoms with Crippen molar-refractivity contribution in [3.8, 4) is 5.88 Å². The highest BCUT2D eigenvalue weighted by atomic mass is 32.3. The predicted octanol–water partition coefficient (Wildman–Crippen LogP) is 1.55. The molecule has 0 radical (unpaired) electrons. The average Bonchev–Trinajstić information content (AvgIpc) is 3.73. The Morgan fingerprint density at radius 1 is 1.14 bits per heavy atom. The Morgan fingerprint density at radius 3 is 2.51 bits per heavy atom. The van der Waals surface area contributed by atoms with Gasteiger partial charge in [-0.25, -0.2) is 26.4 Å². The van der Waals surface area contributed by atoms with Crippen LogP contribution in [0.5, 0.6) is 5.88 Å². The molecule has 4 rings (SSSR count). The first kappa shape index (κ1) is 40.8. The number of hydrogen-bond donors (Lipinski definition) is 3. The molecule has 2 aliphatic rings. The highest BCUT2D eigenvalue weighted by Gasteiger charge is 2.40. The molecule has 51 heavy (non-hydrogen) atoms. The number of thiophene rings is 1. The van der Waals surface area contributed by atoms with Crippen LogP contribution in [0.25, 0.3) is 0 Å². The molecule has 2 aromatic heterocycles. The molecule has 0 aromatic carbocycles. The number of sulfone groups is 1.